The predicted molar refractivity (Wildman–Crippen MR) is 83.6 cm³/mol. The van der Waals surface area contributed by atoms with Crippen molar-refractivity contribution in [2.24, 2.45) is 0 Å². The molecule has 0 aliphatic rings. The number of methoxy groups -OCH3 is 1. The third-order valence-electron chi connectivity index (χ3n) is 3.47. The molecule has 108 valence electrons. The molecule has 0 aliphatic carbocycles. The summed E-state index contributed by atoms with van der Waals surface area (Å²) in [4.78, 5) is 8.91. The van der Waals surface area contributed by atoms with Crippen molar-refractivity contribution in [3.8, 4) is 5.69 Å². The predicted octanol–water partition coefficient (Wildman–Crippen LogP) is 2.50. The van der Waals surface area contributed by atoms with Crippen molar-refractivity contribution in [2.75, 3.05) is 19.5 Å². The second kappa shape index (κ2) is 5.54. The lowest BCUT2D eigenvalue weighted by atomic mass is 10.1. The first-order valence-electron chi connectivity index (χ1n) is 6.88. The molecule has 21 heavy (non-hydrogen) atoms. The van der Waals surface area contributed by atoms with Crippen LogP contribution in [0, 0.1) is 6.92 Å². The first-order valence-corrected chi connectivity index (χ1v) is 6.88. The first kappa shape index (κ1) is 13.6. The number of ether oxygens (including phenoxy) is 1. The van der Waals surface area contributed by atoms with Gasteiger partial charge in [-0.1, -0.05) is 18.2 Å². The van der Waals surface area contributed by atoms with Crippen LogP contribution in [-0.4, -0.2) is 28.3 Å². The number of imidazole rings is 1. The van der Waals surface area contributed by atoms with Crippen molar-refractivity contribution in [1.82, 2.24) is 14.5 Å². The molecule has 0 amide bonds. The van der Waals surface area contributed by atoms with Gasteiger partial charge < -0.3 is 10.5 Å². The third-order valence-corrected chi connectivity index (χ3v) is 3.47. The zero-order valence-corrected chi connectivity index (χ0v) is 12.2. The van der Waals surface area contributed by atoms with Gasteiger partial charge in [-0.3, -0.25) is 4.57 Å². The van der Waals surface area contributed by atoms with Crippen LogP contribution in [0.15, 0.2) is 36.5 Å². The summed E-state index contributed by atoms with van der Waals surface area (Å²) in [5.74, 6) is 0.452. The van der Waals surface area contributed by atoms with E-state index in [0.29, 0.717) is 12.6 Å². The molecule has 0 spiro atoms. The molecule has 1 aromatic carbocycles. The zero-order valence-electron chi connectivity index (χ0n) is 12.2. The molecule has 2 N–H and O–H groups in total. The Hall–Kier alpha value is -2.40. The molecule has 0 unspecified atom stereocenters. The van der Waals surface area contributed by atoms with E-state index >= 15 is 0 Å². The number of nitrogens with two attached hydrogens (primary N) is 1. The van der Waals surface area contributed by atoms with Gasteiger partial charge in [-0.15, -0.1) is 0 Å². The molecule has 2 heterocycles. The van der Waals surface area contributed by atoms with Crippen LogP contribution in [0.1, 0.15) is 11.1 Å². The summed E-state index contributed by atoms with van der Waals surface area (Å²) >= 11 is 0. The van der Waals surface area contributed by atoms with Gasteiger partial charge in [-0.05, 0) is 36.6 Å². The molecule has 0 fully saturated rings. The summed E-state index contributed by atoms with van der Waals surface area (Å²) in [7, 11) is 1.70. The smallest absolute Gasteiger partial charge is 0.207 e. The Kier molecular flexibility index (Phi) is 3.58. The van der Waals surface area contributed by atoms with Crippen LogP contribution in [0.4, 0.5) is 5.95 Å². The highest BCUT2D eigenvalue weighted by Gasteiger charge is 2.14. The topological polar surface area (TPSA) is 66.0 Å². The highest BCUT2D eigenvalue weighted by atomic mass is 16.5. The van der Waals surface area contributed by atoms with E-state index in [9.17, 15) is 0 Å². The number of anilines is 1. The lowest BCUT2D eigenvalue weighted by Gasteiger charge is -2.11. The molecule has 3 aromatic rings. The van der Waals surface area contributed by atoms with Crippen LogP contribution in [0.2, 0.25) is 0 Å². The number of nitrogens with zero attached hydrogens (tertiary/aromatic N) is 3. The number of aryl methyl sites for hydroxylation is 1. The Morgan fingerprint density at radius 2 is 2.10 bits per heavy atom. The molecule has 0 bridgehead atoms. The van der Waals surface area contributed by atoms with Gasteiger partial charge in [-0.2, -0.15) is 0 Å². The maximum absolute atomic E-state index is 6.11. The summed E-state index contributed by atoms with van der Waals surface area (Å²) in [5, 5.41) is 0. The molecule has 0 saturated heterocycles. The van der Waals surface area contributed by atoms with Gasteiger partial charge in [-0.25, -0.2) is 9.97 Å². The van der Waals surface area contributed by atoms with Crippen LogP contribution in [-0.2, 0) is 11.2 Å². The second-order valence-corrected chi connectivity index (χ2v) is 5.03. The number of fused-ring (bicyclic) bond motifs is 1. The largest absolute Gasteiger partial charge is 0.384 e. The fourth-order valence-corrected chi connectivity index (χ4v) is 2.47. The van der Waals surface area contributed by atoms with E-state index in [-0.39, 0.29) is 0 Å². The lowest BCUT2D eigenvalue weighted by molar-refractivity contribution is 0.202. The first-order chi connectivity index (χ1) is 10.2. The number of aromatic nitrogens is 3. The van der Waals surface area contributed by atoms with E-state index in [1.165, 1.54) is 0 Å². The Morgan fingerprint density at radius 1 is 1.29 bits per heavy atom. The average Bonchev–Trinajstić information content (AvgIpc) is 2.80. The molecule has 5 heteroatoms. The van der Waals surface area contributed by atoms with E-state index in [1.807, 2.05) is 42.0 Å². The van der Waals surface area contributed by atoms with Gasteiger partial charge in [0.1, 0.15) is 5.52 Å². The standard InChI is InChI=1S/C16H18N4O/c1-11-9-13-15(18-10-11)20(16(17)19-13)14-6-4-3-5-12(14)7-8-21-2/h3-6,9-10H,7-8H2,1-2H3,(H2,17,19). The summed E-state index contributed by atoms with van der Waals surface area (Å²) in [5.41, 5.74) is 10.9. The summed E-state index contributed by atoms with van der Waals surface area (Å²) in [6.45, 7) is 2.66. The number of pyridine rings is 1. The van der Waals surface area contributed by atoms with Crippen LogP contribution in [0.5, 0.6) is 0 Å². The van der Waals surface area contributed by atoms with Crippen molar-refractivity contribution in [3.63, 3.8) is 0 Å². The van der Waals surface area contributed by atoms with Gasteiger partial charge in [0.2, 0.25) is 5.95 Å². The Labute approximate surface area is 123 Å². The number of nitrogen functional groups attached to an aromatic ring is 1. The number of hydrogen-bond acceptors (Lipinski definition) is 4. The van der Waals surface area contributed by atoms with Gasteiger partial charge in [0.05, 0.1) is 12.3 Å². The van der Waals surface area contributed by atoms with E-state index < -0.39 is 0 Å². The lowest BCUT2D eigenvalue weighted by Crippen LogP contribution is -2.06. The van der Waals surface area contributed by atoms with Gasteiger partial charge >= 0.3 is 0 Å². The minimum absolute atomic E-state index is 0.452. The minimum Gasteiger partial charge on any atom is -0.384 e. The normalized spacial score (nSPS) is 11.1. The van der Waals surface area contributed by atoms with Gasteiger partial charge in [0.25, 0.3) is 0 Å². The van der Waals surface area contributed by atoms with Crippen molar-refractivity contribution < 1.29 is 4.74 Å². The molecule has 0 atom stereocenters. The van der Waals surface area contributed by atoms with Crippen molar-refractivity contribution in [2.45, 2.75) is 13.3 Å². The molecular formula is C16H18N4O. The Bertz CT molecular complexity index is 779. The molecule has 0 radical (unpaired) electrons. The quantitative estimate of drug-likeness (QED) is 0.798. The minimum atomic E-state index is 0.452. The zero-order chi connectivity index (χ0) is 14.8. The van der Waals surface area contributed by atoms with Crippen LogP contribution >= 0.6 is 0 Å². The Morgan fingerprint density at radius 3 is 2.90 bits per heavy atom. The maximum atomic E-state index is 6.11. The van der Waals surface area contributed by atoms with E-state index in [1.54, 1.807) is 7.11 Å². The Balaban J connectivity index is 2.18. The SMILES string of the molecule is COCCc1ccccc1-n1c(N)nc2cc(C)cnc21. The third kappa shape index (κ3) is 2.48. The highest BCUT2D eigenvalue weighted by Crippen LogP contribution is 2.24. The monoisotopic (exact) mass is 282 g/mol. The summed E-state index contributed by atoms with van der Waals surface area (Å²) in [6, 6.07) is 10.1. The van der Waals surface area contributed by atoms with Crippen LogP contribution < -0.4 is 5.73 Å². The number of hydrogen-bond donors (Lipinski definition) is 1. The molecule has 5 nitrogen and oxygen atoms in total. The van der Waals surface area contributed by atoms with Gasteiger partial charge in [0.15, 0.2) is 5.65 Å². The van der Waals surface area contributed by atoms with E-state index in [4.69, 9.17) is 10.5 Å². The summed E-state index contributed by atoms with van der Waals surface area (Å²) in [6.07, 6.45) is 2.65. The van der Waals surface area contributed by atoms with Crippen molar-refractivity contribution in [1.29, 1.82) is 0 Å². The van der Waals surface area contributed by atoms with Crippen LogP contribution in [0.25, 0.3) is 16.9 Å². The molecule has 0 saturated carbocycles. The van der Waals surface area contributed by atoms with Crippen molar-refractivity contribution in [3.05, 3.63) is 47.7 Å². The second-order valence-electron chi connectivity index (χ2n) is 5.03. The fraction of sp³-hybridized carbons (Fsp3) is 0.250. The average molecular weight is 282 g/mol. The molecule has 3 rings (SSSR count). The fourth-order valence-electron chi connectivity index (χ4n) is 2.47. The summed E-state index contributed by atoms with van der Waals surface area (Å²) < 4.78 is 7.08. The molecular weight excluding hydrogens is 264 g/mol. The molecule has 2 aromatic heterocycles. The van der Waals surface area contributed by atoms with E-state index in [0.717, 1.165) is 34.4 Å². The van der Waals surface area contributed by atoms with E-state index in [2.05, 4.69) is 16.0 Å². The van der Waals surface area contributed by atoms with Crippen LogP contribution in [0.3, 0.4) is 0 Å². The highest BCUT2D eigenvalue weighted by molar-refractivity contribution is 5.77. The van der Waals surface area contributed by atoms with Gasteiger partial charge in [0, 0.05) is 13.3 Å². The molecule has 0 aliphatic heterocycles. The number of benzene rings is 1. The number of rotatable bonds is 4. The van der Waals surface area contributed by atoms with Crippen molar-refractivity contribution >= 4 is 17.1 Å². The number of para-hydroxylation sites is 1. The maximum Gasteiger partial charge on any atom is 0.207 e.